The van der Waals surface area contributed by atoms with Gasteiger partial charge in [-0.25, -0.2) is 4.98 Å². The topological polar surface area (TPSA) is 80.9 Å². The lowest BCUT2D eigenvalue weighted by molar-refractivity contribution is 0.356. The van der Waals surface area contributed by atoms with Gasteiger partial charge in [-0.1, -0.05) is 0 Å². The highest BCUT2D eigenvalue weighted by Crippen LogP contribution is 2.35. The van der Waals surface area contributed by atoms with Crippen LogP contribution in [0.4, 0.5) is 0 Å². The van der Waals surface area contributed by atoms with Crippen LogP contribution in [0.2, 0.25) is 0 Å². The fourth-order valence-electron chi connectivity index (χ4n) is 2.23. The summed E-state index contributed by atoms with van der Waals surface area (Å²) in [4.78, 5) is 4.09. The van der Waals surface area contributed by atoms with Gasteiger partial charge in [-0.2, -0.15) is 15.5 Å². The van der Waals surface area contributed by atoms with Crippen LogP contribution in [0.3, 0.4) is 0 Å². The van der Waals surface area contributed by atoms with Crippen LogP contribution in [-0.2, 0) is 0 Å². The van der Waals surface area contributed by atoms with E-state index in [0.717, 1.165) is 16.5 Å². The van der Waals surface area contributed by atoms with E-state index in [0.29, 0.717) is 22.7 Å². The van der Waals surface area contributed by atoms with Crippen molar-refractivity contribution in [2.45, 2.75) is 0 Å². The van der Waals surface area contributed by atoms with Gasteiger partial charge in [0.1, 0.15) is 11.8 Å². The third-order valence-electron chi connectivity index (χ3n) is 3.33. The molecular formula is C16H12N4O2. The number of rotatable bonds is 3. The Morgan fingerprint density at radius 2 is 1.82 bits per heavy atom. The molecular weight excluding hydrogens is 280 g/mol. The summed E-state index contributed by atoms with van der Waals surface area (Å²) < 4.78 is 10.6. The summed E-state index contributed by atoms with van der Waals surface area (Å²) in [6.07, 6.45) is 3.31. The smallest absolute Gasteiger partial charge is 0.162 e. The zero-order valence-corrected chi connectivity index (χ0v) is 12.1. The van der Waals surface area contributed by atoms with Gasteiger partial charge in [0.25, 0.3) is 0 Å². The van der Waals surface area contributed by atoms with E-state index < -0.39 is 0 Å². The Hall–Kier alpha value is -3.20. The predicted octanol–water partition coefficient (Wildman–Crippen LogP) is 2.58. The van der Waals surface area contributed by atoms with E-state index >= 15 is 0 Å². The van der Waals surface area contributed by atoms with Crippen LogP contribution in [0.5, 0.6) is 11.5 Å². The molecule has 0 spiro atoms. The van der Waals surface area contributed by atoms with Crippen molar-refractivity contribution in [1.82, 2.24) is 15.2 Å². The van der Waals surface area contributed by atoms with Gasteiger partial charge in [-0.15, -0.1) is 0 Å². The van der Waals surface area contributed by atoms with Crippen molar-refractivity contribution in [3.05, 3.63) is 42.4 Å². The fourth-order valence-corrected chi connectivity index (χ4v) is 2.23. The lowest BCUT2D eigenvalue weighted by atomic mass is 10.0. The number of hydrogen-bond acceptors (Lipinski definition) is 6. The second-order valence-electron chi connectivity index (χ2n) is 4.53. The molecule has 22 heavy (non-hydrogen) atoms. The Balaban J connectivity index is 2.23. The number of ether oxygens (including phenoxy) is 2. The number of nitrogens with zero attached hydrogens (tertiary/aromatic N) is 4. The van der Waals surface area contributed by atoms with Crippen molar-refractivity contribution in [1.29, 1.82) is 5.26 Å². The summed E-state index contributed by atoms with van der Waals surface area (Å²) >= 11 is 0. The summed E-state index contributed by atoms with van der Waals surface area (Å²) in [6.45, 7) is 0. The molecule has 0 amide bonds. The van der Waals surface area contributed by atoms with Crippen LogP contribution in [0, 0.1) is 11.3 Å². The monoisotopic (exact) mass is 292 g/mol. The SMILES string of the molecule is COc1cc2nncc(-c3ccc(C#N)nc3)c2cc1OC. The quantitative estimate of drug-likeness (QED) is 0.738. The number of aromatic nitrogens is 3. The number of benzene rings is 1. The molecule has 0 N–H and O–H groups in total. The van der Waals surface area contributed by atoms with Gasteiger partial charge < -0.3 is 9.47 Å². The second kappa shape index (κ2) is 5.66. The molecule has 0 unspecified atom stereocenters. The molecule has 2 aromatic heterocycles. The van der Waals surface area contributed by atoms with Crippen LogP contribution in [-0.4, -0.2) is 29.4 Å². The molecule has 3 rings (SSSR count). The van der Waals surface area contributed by atoms with Gasteiger partial charge in [0, 0.05) is 28.8 Å². The predicted molar refractivity (Wildman–Crippen MR) is 80.6 cm³/mol. The van der Waals surface area contributed by atoms with Crippen LogP contribution in [0.1, 0.15) is 5.69 Å². The van der Waals surface area contributed by atoms with E-state index in [-0.39, 0.29) is 0 Å². The molecule has 0 aliphatic carbocycles. The summed E-state index contributed by atoms with van der Waals surface area (Å²) in [5.74, 6) is 1.21. The Kier molecular flexibility index (Phi) is 3.54. The van der Waals surface area contributed by atoms with Gasteiger partial charge >= 0.3 is 0 Å². The van der Waals surface area contributed by atoms with Crippen LogP contribution in [0.15, 0.2) is 36.7 Å². The van der Waals surface area contributed by atoms with Crippen molar-refractivity contribution in [3.8, 4) is 28.7 Å². The summed E-state index contributed by atoms with van der Waals surface area (Å²) in [6, 6.07) is 9.14. The minimum Gasteiger partial charge on any atom is -0.493 e. The molecule has 0 bridgehead atoms. The molecule has 0 atom stereocenters. The van der Waals surface area contributed by atoms with E-state index in [1.54, 1.807) is 38.7 Å². The largest absolute Gasteiger partial charge is 0.493 e. The Labute approximate surface area is 127 Å². The van der Waals surface area contributed by atoms with Gasteiger partial charge in [0.05, 0.1) is 25.9 Å². The zero-order chi connectivity index (χ0) is 15.5. The number of pyridine rings is 1. The second-order valence-corrected chi connectivity index (χ2v) is 4.53. The summed E-state index contributed by atoms with van der Waals surface area (Å²) in [7, 11) is 3.16. The standard InChI is InChI=1S/C16H12N4O2/c1-21-15-5-12-13(10-3-4-11(7-17)18-8-10)9-19-20-14(12)6-16(15)22-2/h3-6,8-9H,1-2H3. The highest BCUT2D eigenvalue weighted by Gasteiger charge is 2.12. The number of methoxy groups -OCH3 is 2. The van der Waals surface area contributed by atoms with E-state index in [1.807, 2.05) is 18.2 Å². The molecule has 1 aromatic carbocycles. The van der Waals surface area contributed by atoms with Gasteiger partial charge in [0.2, 0.25) is 0 Å². The van der Waals surface area contributed by atoms with Crippen molar-refractivity contribution in [3.63, 3.8) is 0 Å². The molecule has 0 saturated carbocycles. The van der Waals surface area contributed by atoms with E-state index in [4.69, 9.17) is 14.7 Å². The summed E-state index contributed by atoms with van der Waals surface area (Å²) in [5.41, 5.74) is 2.78. The highest BCUT2D eigenvalue weighted by atomic mass is 16.5. The molecule has 6 nitrogen and oxygen atoms in total. The molecule has 2 heterocycles. The average molecular weight is 292 g/mol. The maximum atomic E-state index is 8.83. The van der Waals surface area contributed by atoms with Crippen molar-refractivity contribution >= 4 is 10.9 Å². The first-order valence-corrected chi connectivity index (χ1v) is 6.50. The van der Waals surface area contributed by atoms with Crippen molar-refractivity contribution in [2.75, 3.05) is 14.2 Å². The number of fused-ring (bicyclic) bond motifs is 1. The summed E-state index contributed by atoms with van der Waals surface area (Å²) in [5, 5.41) is 17.9. The molecule has 0 saturated heterocycles. The minimum atomic E-state index is 0.370. The minimum absolute atomic E-state index is 0.370. The Morgan fingerprint density at radius 1 is 1.05 bits per heavy atom. The first-order chi connectivity index (χ1) is 10.8. The highest BCUT2D eigenvalue weighted by molar-refractivity contribution is 5.95. The Morgan fingerprint density at radius 3 is 2.45 bits per heavy atom. The van der Waals surface area contributed by atoms with E-state index in [2.05, 4.69) is 15.2 Å². The average Bonchev–Trinajstić information content (AvgIpc) is 2.60. The lowest BCUT2D eigenvalue weighted by Crippen LogP contribution is -1.94. The normalized spacial score (nSPS) is 10.2. The molecule has 6 heteroatoms. The maximum Gasteiger partial charge on any atom is 0.162 e. The van der Waals surface area contributed by atoms with Gasteiger partial charge in [-0.05, 0) is 18.2 Å². The van der Waals surface area contributed by atoms with Crippen molar-refractivity contribution < 1.29 is 9.47 Å². The third kappa shape index (κ3) is 2.29. The van der Waals surface area contributed by atoms with E-state index in [1.165, 1.54) is 0 Å². The first-order valence-electron chi connectivity index (χ1n) is 6.50. The van der Waals surface area contributed by atoms with Crippen LogP contribution in [0.25, 0.3) is 22.0 Å². The zero-order valence-electron chi connectivity index (χ0n) is 12.1. The molecule has 0 aliphatic rings. The van der Waals surface area contributed by atoms with Crippen LogP contribution < -0.4 is 9.47 Å². The molecule has 0 fully saturated rings. The Bertz CT molecular complexity index is 870. The van der Waals surface area contributed by atoms with Crippen LogP contribution >= 0.6 is 0 Å². The van der Waals surface area contributed by atoms with Gasteiger partial charge in [0.15, 0.2) is 11.5 Å². The maximum absolute atomic E-state index is 8.83. The molecule has 0 aliphatic heterocycles. The number of nitriles is 1. The van der Waals surface area contributed by atoms with E-state index in [9.17, 15) is 0 Å². The lowest BCUT2D eigenvalue weighted by Gasteiger charge is -2.10. The van der Waals surface area contributed by atoms with Gasteiger partial charge in [-0.3, -0.25) is 0 Å². The van der Waals surface area contributed by atoms with Crippen molar-refractivity contribution in [2.24, 2.45) is 0 Å². The first kappa shape index (κ1) is 13.8. The fraction of sp³-hybridized carbons (Fsp3) is 0.125. The molecule has 108 valence electrons. The molecule has 0 radical (unpaired) electrons. The number of hydrogen-bond donors (Lipinski definition) is 0. The third-order valence-corrected chi connectivity index (χ3v) is 3.33. The molecule has 3 aromatic rings.